The molecule has 4 aliphatic carbocycles. The van der Waals surface area contributed by atoms with E-state index in [0.29, 0.717) is 28.8 Å². The van der Waals surface area contributed by atoms with E-state index in [1.54, 1.807) is 0 Å². The monoisotopic (exact) mass is 505 g/mol. The second-order valence-electron chi connectivity index (χ2n) is 12.1. The van der Waals surface area contributed by atoms with Crippen LogP contribution in [0.3, 0.4) is 0 Å². The standard InChI is InChI=1S/C28H30BF2N3O3/c1-26(2)16-9-24(26)27(3)25(10-16)36-29(37-27)17-5-7-23(35-18-12-28(30,31)13-18)20(11-17)15-4-6-19-21(32)14-33-34-22(19)8-15/h4-8,11,14,16,18,24-25H,9-10,12-13H2,1-3H3,(H2,32,34)/t16-,24-,25+,27-/m1/s1. The van der Waals surface area contributed by atoms with Crippen LogP contribution in [-0.2, 0) is 9.31 Å². The fourth-order valence-electron chi connectivity index (χ4n) is 7.15. The molecule has 1 saturated heterocycles. The van der Waals surface area contributed by atoms with Crippen molar-refractivity contribution in [3.63, 3.8) is 0 Å². The molecule has 1 aliphatic heterocycles. The van der Waals surface area contributed by atoms with Crippen molar-refractivity contribution in [2.45, 2.75) is 70.2 Å². The maximum Gasteiger partial charge on any atom is 0.494 e. The number of aromatic nitrogens is 2. The van der Waals surface area contributed by atoms with Gasteiger partial charge in [-0.1, -0.05) is 32.0 Å². The Labute approximate surface area is 215 Å². The summed E-state index contributed by atoms with van der Waals surface area (Å²) in [6.45, 7) is 6.88. The summed E-state index contributed by atoms with van der Waals surface area (Å²) < 4.78 is 46.3. The van der Waals surface area contributed by atoms with Gasteiger partial charge in [0.15, 0.2) is 0 Å². The van der Waals surface area contributed by atoms with Crippen LogP contribution in [-0.4, -0.2) is 41.0 Å². The van der Waals surface area contributed by atoms with Gasteiger partial charge in [-0.3, -0.25) is 0 Å². The number of halogens is 2. The first-order valence-electron chi connectivity index (χ1n) is 13.1. The van der Waals surface area contributed by atoms with Crippen LogP contribution in [0.2, 0.25) is 0 Å². The molecule has 4 atom stereocenters. The first kappa shape index (κ1) is 23.3. The Morgan fingerprint density at radius 2 is 1.89 bits per heavy atom. The number of nitrogens with zero attached hydrogens (tertiary/aromatic N) is 2. The molecule has 0 unspecified atom stereocenters. The number of fused-ring (bicyclic) bond motifs is 1. The van der Waals surface area contributed by atoms with Crippen LogP contribution in [0.25, 0.3) is 22.0 Å². The summed E-state index contributed by atoms with van der Waals surface area (Å²) in [6.07, 6.45) is 2.69. The zero-order valence-corrected chi connectivity index (χ0v) is 21.2. The van der Waals surface area contributed by atoms with Crippen molar-refractivity contribution >= 4 is 29.2 Å². The highest BCUT2D eigenvalue weighted by Gasteiger charge is 2.68. The van der Waals surface area contributed by atoms with Crippen molar-refractivity contribution in [2.24, 2.45) is 17.3 Å². The van der Waals surface area contributed by atoms with Crippen molar-refractivity contribution in [1.82, 2.24) is 10.2 Å². The number of ether oxygens (including phenoxy) is 1. The summed E-state index contributed by atoms with van der Waals surface area (Å²) in [5.41, 5.74) is 9.68. The molecule has 0 spiro atoms. The predicted octanol–water partition coefficient (Wildman–Crippen LogP) is 4.99. The minimum Gasteiger partial charge on any atom is -0.489 e. The Balaban J connectivity index is 1.25. The van der Waals surface area contributed by atoms with E-state index in [2.05, 4.69) is 31.0 Å². The summed E-state index contributed by atoms with van der Waals surface area (Å²) in [4.78, 5) is 0. The molecule has 6 nitrogen and oxygen atoms in total. The van der Waals surface area contributed by atoms with Gasteiger partial charge in [-0.05, 0) is 66.2 Å². The van der Waals surface area contributed by atoms with Gasteiger partial charge in [0.25, 0.3) is 5.92 Å². The lowest BCUT2D eigenvalue weighted by Crippen LogP contribution is -2.65. The molecule has 2 bridgehead atoms. The summed E-state index contributed by atoms with van der Waals surface area (Å²) in [5.74, 6) is -0.992. The summed E-state index contributed by atoms with van der Waals surface area (Å²) in [7, 11) is -0.498. The molecule has 8 rings (SSSR count). The molecule has 0 amide bonds. The molecule has 192 valence electrons. The van der Waals surface area contributed by atoms with Gasteiger partial charge in [-0.25, -0.2) is 8.78 Å². The fourth-order valence-corrected chi connectivity index (χ4v) is 7.15. The number of alkyl halides is 2. The Morgan fingerprint density at radius 1 is 1.08 bits per heavy atom. The first-order valence-corrected chi connectivity index (χ1v) is 13.1. The highest BCUT2D eigenvalue weighted by Crippen LogP contribution is 2.65. The molecule has 5 fully saturated rings. The number of hydrogen-bond donors (Lipinski definition) is 1. The van der Waals surface area contributed by atoms with Gasteiger partial charge >= 0.3 is 7.12 Å². The summed E-state index contributed by atoms with van der Waals surface area (Å²) >= 11 is 0. The van der Waals surface area contributed by atoms with E-state index in [4.69, 9.17) is 19.8 Å². The first-order chi connectivity index (χ1) is 17.5. The Bertz CT molecular complexity index is 1410. The molecule has 2 heterocycles. The topological polar surface area (TPSA) is 79.5 Å². The van der Waals surface area contributed by atoms with E-state index >= 15 is 0 Å². The average Bonchev–Trinajstić information content (AvgIpc) is 3.20. The highest BCUT2D eigenvalue weighted by atomic mass is 19.3. The van der Waals surface area contributed by atoms with E-state index in [9.17, 15) is 8.78 Å². The average molecular weight is 505 g/mol. The van der Waals surface area contributed by atoms with Crippen LogP contribution in [0.4, 0.5) is 14.5 Å². The third-order valence-corrected chi connectivity index (χ3v) is 9.55. The minimum absolute atomic E-state index is 0.0600. The lowest BCUT2D eigenvalue weighted by Gasteiger charge is -2.64. The minimum atomic E-state index is -2.66. The molecule has 0 radical (unpaired) electrons. The highest BCUT2D eigenvalue weighted by molar-refractivity contribution is 6.62. The van der Waals surface area contributed by atoms with E-state index in [-0.39, 0.29) is 30.0 Å². The second-order valence-corrected chi connectivity index (χ2v) is 12.1. The normalized spacial score (nSPS) is 31.5. The number of benzene rings is 2. The van der Waals surface area contributed by atoms with Crippen LogP contribution in [0.5, 0.6) is 5.75 Å². The van der Waals surface area contributed by atoms with Gasteiger partial charge in [0.2, 0.25) is 0 Å². The maximum absolute atomic E-state index is 13.5. The van der Waals surface area contributed by atoms with Crippen molar-refractivity contribution in [1.29, 1.82) is 0 Å². The zero-order valence-electron chi connectivity index (χ0n) is 21.2. The van der Waals surface area contributed by atoms with Crippen LogP contribution >= 0.6 is 0 Å². The van der Waals surface area contributed by atoms with E-state index < -0.39 is 19.1 Å². The second kappa shape index (κ2) is 7.63. The van der Waals surface area contributed by atoms with Crippen LogP contribution in [0.1, 0.15) is 46.5 Å². The maximum atomic E-state index is 13.5. The van der Waals surface area contributed by atoms with Crippen molar-refractivity contribution in [3.8, 4) is 16.9 Å². The summed E-state index contributed by atoms with van der Waals surface area (Å²) in [6, 6.07) is 11.5. The zero-order chi connectivity index (χ0) is 25.7. The van der Waals surface area contributed by atoms with Gasteiger partial charge in [-0.2, -0.15) is 10.2 Å². The number of nitrogen functional groups attached to an aromatic ring is 1. The fraction of sp³-hybridized carbons (Fsp3) is 0.500. The largest absolute Gasteiger partial charge is 0.494 e. The molecular formula is C28H30BF2N3O3. The van der Waals surface area contributed by atoms with Crippen molar-refractivity contribution < 1.29 is 22.8 Å². The van der Waals surface area contributed by atoms with Gasteiger partial charge < -0.3 is 19.8 Å². The SMILES string of the molecule is CC1(C)[C@H]2C[C@@H]3OB(c4ccc(OC5CC(F)(F)C5)c(-c5ccc6c(N)cnnc6c5)c4)O[C@]3(C)[C@@H]1C2. The van der Waals surface area contributed by atoms with Crippen LogP contribution in [0, 0.1) is 17.3 Å². The van der Waals surface area contributed by atoms with Gasteiger partial charge in [0.05, 0.1) is 29.1 Å². The number of anilines is 1. The molecule has 2 N–H and O–H groups in total. The third kappa shape index (κ3) is 3.50. The molecule has 1 aromatic heterocycles. The van der Waals surface area contributed by atoms with E-state index in [1.165, 1.54) is 12.6 Å². The molecule has 5 aliphatic rings. The van der Waals surface area contributed by atoms with E-state index in [1.807, 2.05) is 36.4 Å². The quantitative estimate of drug-likeness (QED) is 0.504. The van der Waals surface area contributed by atoms with Gasteiger partial charge in [0.1, 0.15) is 11.9 Å². The molecule has 37 heavy (non-hydrogen) atoms. The lowest BCUT2D eigenvalue weighted by atomic mass is 9.43. The Morgan fingerprint density at radius 3 is 2.65 bits per heavy atom. The van der Waals surface area contributed by atoms with Crippen molar-refractivity contribution in [3.05, 3.63) is 42.6 Å². The molecule has 3 aromatic rings. The van der Waals surface area contributed by atoms with Crippen LogP contribution < -0.4 is 15.9 Å². The van der Waals surface area contributed by atoms with E-state index in [0.717, 1.165) is 28.4 Å². The number of nitrogens with two attached hydrogens (primary N) is 1. The lowest BCUT2D eigenvalue weighted by molar-refractivity contribution is -0.199. The molecule has 4 saturated carbocycles. The van der Waals surface area contributed by atoms with Gasteiger partial charge in [0, 0.05) is 23.8 Å². The number of hydrogen-bond acceptors (Lipinski definition) is 6. The third-order valence-electron chi connectivity index (χ3n) is 9.55. The summed E-state index contributed by atoms with van der Waals surface area (Å²) in [5, 5.41) is 9.01. The molecular weight excluding hydrogens is 475 g/mol. The molecule has 9 heteroatoms. The molecule has 2 aromatic carbocycles. The number of rotatable bonds is 4. The smallest absolute Gasteiger partial charge is 0.489 e. The van der Waals surface area contributed by atoms with Crippen LogP contribution in [0.15, 0.2) is 42.6 Å². The Hall–Kier alpha value is -2.78. The van der Waals surface area contributed by atoms with Gasteiger partial charge in [-0.15, -0.1) is 0 Å². The Kier molecular flexibility index (Phi) is 4.82. The van der Waals surface area contributed by atoms with Crippen molar-refractivity contribution in [2.75, 3.05) is 5.73 Å². The predicted molar refractivity (Wildman–Crippen MR) is 138 cm³/mol.